The van der Waals surface area contributed by atoms with E-state index in [0.29, 0.717) is 11.8 Å². The molecular formula is C18H18N6O8S2. The Kier molecular flexibility index (Phi) is 6.89. The van der Waals surface area contributed by atoms with E-state index in [1.165, 1.54) is 13.0 Å². The lowest BCUT2D eigenvalue weighted by molar-refractivity contribution is -0.118. The minimum atomic E-state index is -4.84. The van der Waals surface area contributed by atoms with E-state index in [-0.39, 0.29) is 17.9 Å². The van der Waals surface area contributed by atoms with Gasteiger partial charge in [-0.15, -0.1) is 0 Å². The number of hydrogen-bond acceptors (Lipinski definition) is 10. The van der Waals surface area contributed by atoms with Gasteiger partial charge >= 0.3 is 0 Å². The van der Waals surface area contributed by atoms with Crippen LogP contribution < -0.4 is 16.1 Å². The normalized spacial score (nSPS) is 16.7. The molecule has 34 heavy (non-hydrogen) atoms. The summed E-state index contributed by atoms with van der Waals surface area (Å²) in [5, 5.41) is 15.1. The van der Waals surface area contributed by atoms with Crippen molar-refractivity contribution in [2.24, 2.45) is 21.1 Å². The lowest BCUT2D eigenvalue weighted by Crippen LogP contribution is -2.29. The lowest BCUT2D eigenvalue weighted by Gasteiger charge is -2.14. The zero-order chi connectivity index (χ0) is 25.3. The number of anilines is 2. The molecule has 0 bridgehead atoms. The standard InChI is InChI=1S/C18H18N6O8S2/c1-10-17(18(26)24(23-10)12-4-2-3-11(7-12)20-16(25)9-19)22-21-14-8-13(33(27,28)29)5-6-15(14)34(30,31)32/h2-8,17H,9,19H2,1H3,(H,20,25)(H,27,28,29)(H,30,31,32). The quantitative estimate of drug-likeness (QED) is 0.307. The number of nitrogens with one attached hydrogen (secondary N) is 1. The van der Waals surface area contributed by atoms with Gasteiger partial charge in [0.25, 0.3) is 26.1 Å². The maximum Gasteiger partial charge on any atom is 0.296 e. The fraction of sp³-hybridized carbons (Fsp3) is 0.167. The SMILES string of the molecule is CC1=NN(c2cccc(NC(=O)CN)c2)C(=O)C1N=Nc1cc(S(=O)(=O)O)ccc1S(=O)(=O)O. The van der Waals surface area contributed by atoms with Crippen molar-refractivity contribution < 1.29 is 35.5 Å². The summed E-state index contributed by atoms with van der Waals surface area (Å²) in [5.74, 6) is -1.12. The van der Waals surface area contributed by atoms with Crippen LogP contribution in [0.4, 0.5) is 17.1 Å². The van der Waals surface area contributed by atoms with Crippen LogP contribution >= 0.6 is 0 Å². The summed E-state index contributed by atoms with van der Waals surface area (Å²) < 4.78 is 64.6. The van der Waals surface area contributed by atoms with E-state index in [0.717, 1.165) is 17.1 Å². The molecule has 5 N–H and O–H groups in total. The maximum atomic E-state index is 12.9. The van der Waals surface area contributed by atoms with E-state index in [9.17, 15) is 35.5 Å². The Bertz CT molecular complexity index is 1440. The second-order valence-electron chi connectivity index (χ2n) is 6.89. The highest BCUT2D eigenvalue weighted by Crippen LogP contribution is 2.30. The summed E-state index contributed by atoms with van der Waals surface area (Å²) in [6.45, 7) is 1.22. The number of hydrogen-bond donors (Lipinski definition) is 4. The first-order chi connectivity index (χ1) is 15.8. The Morgan fingerprint density at radius 3 is 2.47 bits per heavy atom. The largest absolute Gasteiger partial charge is 0.325 e. The van der Waals surface area contributed by atoms with Crippen LogP contribution in [0.3, 0.4) is 0 Å². The first-order valence-electron chi connectivity index (χ1n) is 9.30. The number of carbonyl (C=O) groups is 2. The predicted octanol–water partition coefficient (Wildman–Crippen LogP) is 0.952. The molecule has 2 aromatic rings. The van der Waals surface area contributed by atoms with E-state index >= 15 is 0 Å². The van der Waals surface area contributed by atoms with Crippen molar-refractivity contribution in [2.45, 2.75) is 22.8 Å². The van der Waals surface area contributed by atoms with Crippen LogP contribution in [0.15, 0.2) is 67.6 Å². The number of rotatable bonds is 7. The average Bonchev–Trinajstić information content (AvgIpc) is 3.04. The molecule has 2 aromatic carbocycles. The number of amides is 2. The number of nitrogens with two attached hydrogens (primary N) is 1. The van der Waals surface area contributed by atoms with Crippen molar-refractivity contribution in [1.29, 1.82) is 0 Å². The molecule has 1 aliphatic heterocycles. The molecule has 0 fully saturated rings. The lowest BCUT2D eigenvalue weighted by atomic mass is 10.2. The minimum absolute atomic E-state index is 0.171. The van der Waals surface area contributed by atoms with Crippen molar-refractivity contribution in [3.63, 3.8) is 0 Å². The van der Waals surface area contributed by atoms with E-state index < -0.39 is 53.6 Å². The van der Waals surface area contributed by atoms with Crippen molar-refractivity contribution in [3.8, 4) is 0 Å². The highest BCUT2D eigenvalue weighted by Gasteiger charge is 2.35. The van der Waals surface area contributed by atoms with Gasteiger partial charge in [0.05, 0.1) is 22.8 Å². The summed E-state index contributed by atoms with van der Waals surface area (Å²) in [6.07, 6.45) is 0. The molecule has 3 rings (SSSR count). The zero-order valence-corrected chi connectivity index (χ0v) is 19.0. The molecule has 2 amide bonds. The van der Waals surface area contributed by atoms with Crippen LogP contribution in [0.25, 0.3) is 0 Å². The van der Waals surface area contributed by atoms with Gasteiger partial charge in [0.2, 0.25) is 5.91 Å². The van der Waals surface area contributed by atoms with Gasteiger partial charge in [0.15, 0.2) is 6.04 Å². The minimum Gasteiger partial charge on any atom is -0.325 e. The Morgan fingerprint density at radius 2 is 1.85 bits per heavy atom. The molecule has 14 nitrogen and oxygen atoms in total. The molecule has 0 saturated heterocycles. The van der Waals surface area contributed by atoms with E-state index in [2.05, 4.69) is 20.6 Å². The molecule has 1 heterocycles. The van der Waals surface area contributed by atoms with Crippen LogP contribution in [0.2, 0.25) is 0 Å². The van der Waals surface area contributed by atoms with Crippen LogP contribution in [0.1, 0.15) is 6.92 Å². The fourth-order valence-corrected chi connectivity index (χ4v) is 3.98. The van der Waals surface area contributed by atoms with Crippen molar-refractivity contribution in [3.05, 3.63) is 42.5 Å². The van der Waals surface area contributed by atoms with Crippen molar-refractivity contribution >= 4 is 54.8 Å². The van der Waals surface area contributed by atoms with Gasteiger partial charge in [0.1, 0.15) is 10.6 Å². The third kappa shape index (κ3) is 5.49. The number of azo groups is 1. The molecule has 0 saturated carbocycles. The Morgan fingerprint density at radius 1 is 1.15 bits per heavy atom. The van der Waals surface area contributed by atoms with Crippen LogP contribution in [0, 0.1) is 0 Å². The summed E-state index contributed by atoms with van der Waals surface area (Å²) in [4.78, 5) is 22.9. The third-order valence-electron chi connectivity index (χ3n) is 4.44. The second kappa shape index (κ2) is 9.35. The first kappa shape index (κ1) is 25.1. The molecule has 1 unspecified atom stereocenters. The molecular weight excluding hydrogens is 492 g/mol. The Balaban J connectivity index is 1.93. The summed E-state index contributed by atoms with van der Waals surface area (Å²) in [6, 6.07) is 6.99. The molecule has 180 valence electrons. The van der Waals surface area contributed by atoms with Gasteiger partial charge in [0, 0.05) is 5.69 Å². The highest BCUT2D eigenvalue weighted by atomic mass is 32.2. The molecule has 16 heteroatoms. The first-order valence-corrected chi connectivity index (χ1v) is 12.2. The van der Waals surface area contributed by atoms with Crippen molar-refractivity contribution in [1.82, 2.24) is 0 Å². The topological polar surface area (TPSA) is 221 Å². The number of carbonyl (C=O) groups excluding carboxylic acids is 2. The number of hydrazone groups is 1. The Hall–Kier alpha value is -3.57. The third-order valence-corrected chi connectivity index (χ3v) is 6.19. The van der Waals surface area contributed by atoms with Gasteiger partial charge in [-0.3, -0.25) is 18.7 Å². The molecule has 0 aliphatic carbocycles. The molecule has 0 radical (unpaired) electrons. The zero-order valence-electron chi connectivity index (χ0n) is 17.4. The maximum absolute atomic E-state index is 12.9. The molecule has 0 aromatic heterocycles. The van der Waals surface area contributed by atoms with Crippen LogP contribution in [0.5, 0.6) is 0 Å². The van der Waals surface area contributed by atoms with E-state index in [1.807, 2.05) is 0 Å². The second-order valence-corrected chi connectivity index (χ2v) is 9.70. The molecule has 0 spiro atoms. The molecule has 1 aliphatic rings. The smallest absolute Gasteiger partial charge is 0.296 e. The number of benzene rings is 2. The van der Waals surface area contributed by atoms with E-state index in [4.69, 9.17) is 5.73 Å². The highest BCUT2D eigenvalue weighted by molar-refractivity contribution is 7.86. The summed E-state index contributed by atoms with van der Waals surface area (Å²) >= 11 is 0. The monoisotopic (exact) mass is 510 g/mol. The average molecular weight is 511 g/mol. The Labute approximate surface area is 193 Å². The van der Waals surface area contributed by atoms with Crippen LogP contribution in [-0.4, -0.2) is 56.1 Å². The van der Waals surface area contributed by atoms with Crippen LogP contribution in [-0.2, 0) is 29.8 Å². The summed E-state index contributed by atoms with van der Waals surface area (Å²) in [5.41, 5.74) is 5.46. The van der Waals surface area contributed by atoms with E-state index in [1.54, 1.807) is 18.2 Å². The summed E-state index contributed by atoms with van der Waals surface area (Å²) in [7, 11) is -9.56. The molecule has 1 atom stereocenters. The van der Waals surface area contributed by atoms with Gasteiger partial charge in [-0.25, -0.2) is 0 Å². The predicted molar refractivity (Wildman–Crippen MR) is 119 cm³/mol. The number of nitrogens with zero attached hydrogens (tertiary/aromatic N) is 4. The van der Waals surface area contributed by atoms with Crippen molar-refractivity contribution in [2.75, 3.05) is 16.9 Å². The van der Waals surface area contributed by atoms with Gasteiger partial charge in [-0.05, 0) is 43.3 Å². The van der Waals surface area contributed by atoms with Gasteiger partial charge in [-0.1, -0.05) is 6.07 Å². The van der Waals surface area contributed by atoms with Gasteiger partial charge in [-0.2, -0.15) is 37.2 Å². The van der Waals surface area contributed by atoms with Gasteiger partial charge < -0.3 is 11.1 Å². The fourth-order valence-electron chi connectivity index (χ4n) is 2.88.